The van der Waals surface area contributed by atoms with Gasteiger partial charge in [0.25, 0.3) is 0 Å². The standard InChI is InChI=1S/C24H50/c1-5-8-11-14-15-16-19-23(4)22-24(20-17-12-9-6-2)21-18-13-10-7-3/h23-24H,5-22H2,1-4H3. The average molecular weight is 339 g/mol. The first-order valence-corrected chi connectivity index (χ1v) is 11.7. The summed E-state index contributed by atoms with van der Waals surface area (Å²) in [6.45, 7) is 9.48. The van der Waals surface area contributed by atoms with Crippen molar-refractivity contribution in [3.05, 3.63) is 0 Å². The normalized spacial score (nSPS) is 12.9. The van der Waals surface area contributed by atoms with E-state index in [0.29, 0.717) is 0 Å². The molecule has 0 saturated carbocycles. The maximum absolute atomic E-state index is 2.52. The summed E-state index contributed by atoms with van der Waals surface area (Å²) in [4.78, 5) is 0. The van der Waals surface area contributed by atoms with Crippen LogP contribution in [0.25, 0.3) is 0 Å². The molecule has 0 amide bonds. The highest BCUT2D eigenvalue weighted by atomic mass is 14.2. The molecule has 0 aliphatic carbocycles. The number of unbranched alkanes of at least 4 members (excludes halogenated alkanes) is 11. The van der Waals surface area contributed by atoms with Crippen LogP contribution in [0.1, 0.15) is 143 Å². The molecule has 0 saturated heterocycles. The summed E-state index contributed by atoms with van der Waals surface area (Å²) in [5, 5.41) is 0. The van der Waals surface area contributed by atoms with Crippen LogP contribution in [-0.2, 0) is 0 Å². The number of hydrogen-bond acceptors (Lipinski definition) is 0. The third kappa shape index (κ3) is 16.8. The van der Waals surface area contributed by atoms with Gasteiger partial charge in [-0.25, -0.2) is 0 Å². The van der Waals surface area contributed by atoms with E-state index in [1.54, 1.807) is 0 Å². The van der Waals surface area contributed by atoms with E-state index in [4.69, 9.17) is 0 Å². The molecular formula is C24H50. The minimum atomic E-state index is 0.957. The van der Waals surface area contributed by atoms with Crippen LogP contribution in [0.2, 0.25) is 0 Å². The summed E-state index contributed by atoms with van der Waals surface area (Å²) >= 11 is 0. The second kappa shape index (κ2) is 19.3. The molecule has 0 aromatic rings. The van der Waals surface area contributed by atoms with Gasteiger partial charge in [0.15, 0.2) is 0 Å². The zero-order valence-corrected chi connectivity index (χ0v) is 17.9. The molecule has 0 bridgehead atoms. The minimum Gasteiger partial charge on any atom is -0.0654 e. The molecule has 1 atom stereocenters. The Kier molecular flexibility index (Phi) is 19.3. The van der Waals surface area contributed by atoms with Gasteiger partial charge in [0.2, 0.25) is 0 Å². The van der Waals surface area contributed by atoms with Gasteiger partial charge in [-0.1, -0.05) is 137 Å². The summed E-state index contributed by atoms with van der Waals surface area (Å²) in [5.74, 6) is 1.98. The van der Waals surface area contributed by atoms with Crippen molar-refractivity contribution in [2.45, 2.75) is 143 Å². The molecule has 0 aromatic carbocycles. The van der Waals surface area contributed by atoms with Gasteiger partial charge in [0, 0.05) is 0 Å². The molecule has 0 radical (unpaired) electrons. The second-order valence-corrected chi connectivity index (χ2v) is 8.46. The van der Waals surface area contributed by atoms with Gasteiger partial charge in [-0.2, -0.15) is 0 Å². The van der Waals surface area contributed by atoms with Crippen molar-refractivity contribution in [2.24, 2.45) is 11.8 Å². The first-order chi connectivity index (χ1) is 11.7. The summed E-state index contributed by atoms with van der Waals surface area (Å²) in [7, 11) is 0. The van der Waals surface area contributed by atoms with Crippen molar-refractivity contribution in [2.75, 3.05) is 0 Å². The highest BCUT2D eigenvalue weighted by Crippen LogP contribution is 2.27. The highest BCUT2D eigenvalue weighted by Gasteiger charge is 2.13. The summed E-state index contributed by atoms with van der Waals surface area (Å²) in [6, 6.07) is 0. The molecule has 0 aromatic heterocycles. The monoisotopic (exact) mass is 338 g/mol. The number of rotatable bonds is 19. The minimum absolute atomic E-state index is 0.957. The third-order valence-electron chi connectivity index (χ3n) is 5.72. The molecule has 24 heavy (non-hydrogen) atoms. The van der Waals surface area contributed by atoms with Crippen molar-refractivity contribution in [3.63, 3.8) is 0 Å². The molecule has 0 heterocycles. The van der Waals surface area contributed by atoms with E-state index in [0.717, 1.165) is 11.8 Å². The van der Waals surface area contributed by atoms with Gasteiger partial charge in [-0.15, -0.1) is 0 Å². The largest absolute Gasteiger partial charge is 0.0654 e. The molecule has 146 valence electrons. The van der Waals surface area contributed by atoms with E-state index in [-0.39, 0.29) is 0 Å². The van der Waals surface area contributed by atoms with Crippen molar-refractivity contribution < 1.29 is 0 Å². The van der Waals surface area contributed by atoms with E-state index in [9.17, 15) is 0 Å². The lowest BCUT2D eigenvalue weighted by Gasteiger charge is -2.21. The molecule has 0 fully saturated rings. The van der Waals surface area contributed by atoms with Crippen LogP contribution in [-0.4, -0.2) is 0 Å². The predicted octanol–water partition coefficient (Wildman–Crippen LogP) is 9.32. The smallest absolute Gasteiger partial charge is 0.0412 e. The van der Waals surface area contributed by atoms with E-state index < -0.39 is 0 Å². The topological polar surface area (TPSA) is 0 Å². The van der Waals surface area contributed by atoms with Gasteiger partial charge in [-0.05, 0) is 18.3 Å². The lowest BCUT2D eigenvalue weighted by Crippen LogP contribution is -2.07. The molecule has 0 N–H and O–H groups in total. The van der Waals surface area contributed by atoms with E-state index >= 15 is 0 Å². The molecule has 0 aliphatic rings. The van der Waals surface area contributed by atoms with Crippen LogP contribution >= 0.6 is 0 Å². The molecule has 0 rings (SSSR count). The molecular weight excluding hydrogens is 288 g/mol. The summed E-state index contributed by atoms with van der Waals surface area (Å²) in [6.07, 6.45) is 26.2. The Morgan fingerprint density at radius 1 is 0.458 bits per heavy atom. The van der Waals surface area contributed by atoms with Crippen LogP contribution in [0.5, 0.6) is 0 Å². The van der Waals surface area contributed by atoms with Gasteiger partial charge in [-0.3, -0.25) is 0 Å². The second-order valence-electron chi connectivity index (χ2n) is 8.46. The van der Waals surface area contributed by atoms with E-state index in [2.05, 4.69) is 27.7 Å². The Balaban J connectivity index is 3.87. The molecule has 1 unspecified atom stereocenters. The van der Waals surface area contributed by atoms with Crippen LogP contribution in [0.3, 0.4) is 0 Å². The van der Waals surface area contributed by atoms with Crippen LogP contribution in [0, 0.1) is 11.8 Å². The van der Waals surface area contributed by atoms with Gasteiger partial charge in [0.05, 0.1) is 0 Å². The lowest BCUT2D eigenvalue weighted by molar-refractivity contribution is 0.313. The summed E-state index contributed by atoms with van der Waals surface area (Å²) < 4.78 is 0. The fraction of sp³-hybridized carbons (Fsp3) is 1.00. The first-order valence-electron chi connectivity index (χ1n) is 11.7. The van der Waals surface area contributed by atoms with Crippen molar-refractivity contribution in [1.82, 2.24) is 0 Å². The van der Waals surface area contributed by atoms with Crippen LogP contribution < -0.4 is 0 Å². The Labute approximate surface area is 155 Å². The lowest BCUT2D eigenvalue weighted by atomic mass is 9.85. The Morgan fingerprint density at radius 2 is 0.833 bits per heavy atom. The zero-order chi connectivity index (χ0) is 17.9. The van der Waals surface area contributed by atoms with Gasteiger partial charge >= 0.3 is 0 Å². The first kappa shape index (κ1) is 24.0. The molecule has 0 heteroatoms. The Bertz CT molecular complexity index is 208. The quantitative estimate of drug-likeness (QED) is 0.206. The maximum atomic E-state index is 2.52. The Morgan fingerprint density at radius 3 is 1.33 bits per heavy atom. The van der Waals surface area contributed by atoms with Crippen LogP contribution in [0.15, 0.2) is 0 Å². The average Bonchev–Trinajstić information content (AvgIpc) is 2.58. The molecule has 0 spiro atoms. The summed E-state index contributed by atoms with van der Waals surface area (Å²) in [5.41, 5.74) is 0. The highest BCUT2D eigenvalue weighted by molar-refractivity contribution is 4.65. The SMILES string of the molecule is CCCCCCCCC(C)CC(CCCCCC)CCCCCC. The third-order valence-corrected chi connectivity index (χ3v) is 5.72. The predicted molar refractivity (Wildman–Crippen MR) is 113 cm³/mol. The van der Waals surface area contributed by atoms with Gasteiger partial charge < -0.3 is 0 Å². The van der Waals surface area contributed by atoms with Gasteiger partial charge in [0.1, 0.15) is 0 Å². The van der Waals surface area contributed by atoms with E-state index in [1.165, 1.54) is 116 Å². The van der Waals surface area contributed by atoms with Crippen molar-refractivity contribution in [3.8, 4) is 0 Å². The molecule has 0 nitrogen and oxygen atoms in total. The fourth-order valence-corrected chi connectivity index (χ4v) is 4.06. The van der Waals surface area contributed by atoms with E-state index in [1.807, 2.05) is 0 Å². The fourth-order valence-electron chi connectivity index (χ4n) is 4.06. The molecule has 0 aliphatic heterocycles. The number of hydrogen-bond donors (Lipinski definition) is 0. The van der Waals surface area contributed by atoms with Crippen LogP contribution in [0.4, 0.5) is 0 Å². The zero-order valence-electron chi connectivity index (χ0n) is 17.9. The van der Waals surface area contributed by atoms with Crippen molar-refractivity contribution in [1.29, 1.82) is 0 Å². The maximum Gasteiger partial charge on any atom is -0.0412 e. The van der Waals surface area contributed by atoms with Crippen molar-refractivity contribution >= 4 is 0 Å². The Hall–Kier alpha value is 0.